The SMILES string of the molecule is O=C(CN1CCC(Cn2cnc3ccccc32)CC1)Nc1cccc(F)c1.O=C(O)C(=O)O. The van der Waals surface area contributed by atoms with Gasteiger partial charge in [0, 0.05) is 12.2 Å². The van der Waals surface area contributed by atoms with Gasteiger partial charge in [-0.1, -0.05) is 18.2 Å². The van der Waals surface area contributed by atoms with Crippen LogP contribution in [-0.2, 0) is 20.9 Å². The first kappa shape index (κ1) is 23.9. The van der Waals surface area contributed by atoms with Gasteiger partial charge in [0.25, 0.3) is 0 Å². The third-order valence-electron chi connectivity index (χ3n) is 5.35. The third-order valence-corrected chi connectivity index (χ3v) is 5.35. The Morgan fingerprint density at radius 2 is 1.73 bits per heavy atom. The lowest BCUT2D eigenvalue weighted by molar-refractivity contribution is -0.159. The van der Waals surface area contributed by atoms with Crippen molar-refractivity contribution >= 4 is 34.6 Å². The second kappa shape index (κ2) is 11.2. The van der Waals surface area contributed by atoms with Gasteiger partial charge >= 0.3 is 11.9 Å². The number of nitrogens with one attached hydrogen (secondary N) is 1. The van der Waals surface area contributed by atoms with Crippen molar-refractivity contribution in [1.82, 2.24) is 14.5 Å². The molecule has 2 heterocycles. The Morgan fingerprint density at radius 1 is 1.03 bits per heavy atom. The summed E-state index contributed by atoms with van der Waals surface area (Å²) in [5, 5.41) is 17.5. The molecule has 9 nitrogen and oxygen atoms in total. The van der Waals surface area contributed by atoms with Crippen LogP contribution in [0, 0.1) is 11.7 Å². The van der Waals surface area contributed by atoms with E-state index in [0.29, 0.717) is 18.2 Å². The van der Waals surface area contributed by atoms with E-state index in [2.05, 4.69) is 25.8 Å². The first-order valence-corrected chi connectivity index (χ1v) is 10.5. The molecule has 3 aromatic rings. The molecule has 0 spiro atoms. The van der Waals surface area contributed by atoms with E-state index in [1.165, 1.54) is 17.6 Å². The molecule has 1 aliphatic heterocycles. The number of likely N-dealkylation sites (tertiary alicyclic amines) is 1. The summed E-state index contributed by atoms with van der Waals surface area (Å²) in [6.45, 7) is 3.10. The van der Waals surface area contributed by atoms with E-state index in [1.807, 2.05) is 24.5 Å². The van der Waals surface area contributed by atoms with Gasteiger partial charge in [0.2, 0.25) is 5.91 Å². The number of aliphatic carboxylic acids is 2. The number of benzene rings is 2. The maximum atomic E-state index is 13.2. The van der Waals surface area contributed by atoms with Gasteiger partial charge in [-0.25, -0.2) is 19.0 Å². The molecule has 0 unspecified atom stereocenters. The second-order valence-electron chi connectivity index (χ2n) is 7.77. The number of amides is 1. The minimum atomic E-state index is -1.82. The first-order valence-electron chi connectivity index (χ1n) is 10.5. The zero-order chi connectivity index (χ0) is 23.8. The minimum absolute atomic E-state index is 0.0975. The van der Waals surface area contributed by atoms with E-state index in [0.717, 1.165) is 38.0 Å². The molecule has 10 heteroatoms. The Kier molecular flexibility index (Phi) is 8.09. The highest BCUT2D eigenvalue weighted by Gasteiger charge is 2.21. The summed E-state index contributed by atoms with van der Waals surface area (Å²) < 4.78 is 15.4. The summed E-state index contributed by atoms with van der Waals surface area (Å²) in [6.07, 6.45) is 4.03. The molecule has 0 saturated carbocycles. The highest BCUT2D eigenvalue weighted by molar-refractivity contribution is 6.27. The maximum absolute atomic E-state index is 13.2. The predicted octanol–water partition coefficient (Wildman–Crippen LogP) is 2.68. The van der Waals surface area contributed by atoms with Crippen LogP contribution >= 0.6 is 0 Å². The number of carboxylic acid groups (broad SMARTS) is 2. The van der Waals surface area contributed by atoms with Gasteiger partial charge in [0.1, 0.15) is 5.82 Å². The summed E-state index contributed by atoms with van der Waals surface area (Å²) in [6, 6.07) is 14.2. The van der Waals surface area contributed by atoms with Crippen LogP contribution in [0.3, 0.4) is 0 Å². The number of hydrogen-bond donors (Lipinski definition) is 3. The van der Waals surface area contributed by atoms with Crippen LogP contribution in [0.5, 0.6) is 0 Å². The fourth-order valence-electron chi connectivity index (χ4n) is 3.73. The molecule has 1 saturated heterocycles. The summed E-state index contributed by atoms with van der Waals surface area (Å²) in [5.74, 6) is -3.50. The number of halogens is 1. The van der Waals surface area contributed by atoms with Gasteiger partial charge in [-0.15, -0.1) is 0 Å². The molecule has 1 aliphatic rings. The van der Waals surface area contributed by atoms with Gasteiger partial charge < -0.3 is 20.1 Å². The molecule has 1 amide bonds. The number of carbonyl (C=O) groups is 3. The van der Waals surface area contributed by atoms with E-state index < -0.39 is 11.9 Å². The highest BCUT2D eigenvalue weighted by atomic mass is 19.1. The number of aromatic nitrogens is 2. The van der Waals surface area contributed by atoms with Gasteiger partial charge in [-0.05, 0) is 62.2 Å². The van der Waals surface area contributed by atoms with Crippen LogP contribution in [-0.4, -0.2) is 62.1 Å². The Labute approximate surface area is 189 Å². The Balaban J connectivity index is 0.000000454. The number of fused-ring (bicyclic) bond motifs is 1. The normalized spacial score (nSPS) is 14.3. The fraction of sp³-hybridized carbons (Fsp3) is 0.304. The van der Waals surface area contributed by atoms with Crippen molar-refractivity contribution in [2.24, 2.45) is 5.92 Å². The van der Waals surface area contributed by atoms with Crippen LogP contribution in [0.15, 0.2) is 54.9 Å². The number of carbonyl (C=O) groups excluding carboxylic acids is 1. The van der Waals surface area contributed by atoms with Gasteiger partial charge in [0.15, 0.2) is 0 Å². The second-order valence-corrected chi connectivity index (χ2v) is 7.77. The number of rotatable bonds is 5. The number of anilines is 1. The van der Waals surface area contributed by atoms with Crippen molar-refractivity contribution in [3.05, 3.63) is 60.7 Å². The molecular formula is C23H25FN4O5. The van der Waals surface area contributed by atoms with Gasteiger partial charge in [-0.3, -0.25) is 9.69 Å². The summed E-state index contributed by atoms with van der Waals surface area (Å²) in [7, 11) is 0. The third kappa shape index (κ3) is 7.11. The summed E-state index contributed by atoms with van der Waals surface area (Å²) in [4.78, 5) is 37.0. The number of hydrogen-bond acceptors (Lipinski definition) is 5. The molecule has 1 fully saturated rings. The summed E-state index contributed by atoms with van der Waals surface area (Å²) >= 11 is 0. The largest absolute Gasteiger partial charge is 0.473 e. The van der Waals surface area contributed by atoms with Crippen LogP contribution < -0.4 is 5.32 Å². The van der Waals surface area contributed by atoms with Crippen molar-refractivity contribution in [3.8, 4) is 0 Å². The zero-order valence-electron chi connectivity index (χ0n) is 17.9. The summed E-state index contributed by atoms with van der Waals surface area (Å²) in [5.41, 5.74) is 2.71. The molecule has 2 aromatic carbocycles. The maximum Gasteiger partial charge on any atom is 0.414 e. The molecule has 0 radical (unpaired) electrons. The van der Waals surface area contributed by atoms with Crippen molar-refractivity contribution in [2.45, 2.75) is 19.4 Å². The van der Waals surface area contributed by atoms with Crippen molar-refractivity contribution in [1.29, 1.82) is 0 Å². The number of nitrogens with zero attached hydrogens (tertiary/aromatic N) is 3. The minimum Gasteiger partial charge on any atom is -0.473 e. The first-order chi connectivity index (χ1) is 15.8. The van der Waals surface area contributed by atoms with E-state index in [-0.39, 0.29) is 11.7 Å². The molecule has 0 atom stereocenters. The van der Waals surface area contributed by atoms with Crippen LogP contribution in [0.25, 0.3) is 11.0 Å². The highest BCUT2D eigenvalue weighted by Crippen LogP contribution is 2.21. The van der Waals surface area contributed by atoms with Crippen LogP contribution in [0.2, 0.25) is 0 Å². The average Bonchev–Trinajstić information content (AvgIpc) is 3.18. The van der Waals surface area contributed by atoms with Crippen molar-refractivity contribution in [3.63, 3.8) is 0 Å². The van der Waals surface area contributed by atoms with Crippen molar-refractivity contribution < 1.29 is 29.0 Å². The molecule has 33 heavy (non-hydrogen) atoms. The lowest BCUT2D eigenvalue weighted by Crippen LogP contribution is -2.39. The number of piperidine rings is 1. The Morgan fingerprint density at radius 3 is 2.39 bits per heavy atom. The van der Waals surface area contributed by atoms with Gasteiger partial charge in [-0.2, -0.15) is 0 Å². The number of imidazole rings is 1. The Bertz CT molecular complexity index is 1110. The topological polar surface area (TPSA) is 125 Å². The van der Waals surface area contributed by atoms with E-state index in [4.69, 9.17) is 19.8 Å². The molecule has 4 rings (SSSR count). The fourth-order valence-corrected chi connectivity index (χ4v) is 3.73. The molecule has 0 bridgehead atoms. The monoisotopic (exact) mass is 456 g/mol. The molecule has 3 N–H and O–H groups in total. The average molecular weight is 456 g/mol. The Hall–Kier alpha value is -3.79. The lowest BCUT2D eigenvalue weighted by atomic mass is 9.96. The van der Waals surface area contributed by atoms with Gasteiger partial charge in [0.05, 0.1) is 23.9 Å². The van der Waals surface area contributed by atoms with E-state index in [9.17, 15) is 9.18 Å². The number of carboxylic acids is 2. The smallest absolute Gasteiger partial charge is 0.414 e. The molecule has 174 valence electrons. The lowest BCUT2D eigenvalue weighted by Gasteiger charge is -2.31. The predicted molar refractivity (Wildman–Crippen MR) is 119 cm³/mol. The van der Waals surface area contributed by atoms with Crippen LogP contribution in [0.1, 0.15) is 12.8 Å². The van der Waals surface area contributed by atoms with Crippen LogP contribution in [0.4, 0.5) is 10.1 Å². The standard InChI is InChI=1S/C21H23FN4O.C2H2O4/c22-17-4-3-5-18(12-17)24-21(27)14-25-10-8-16(9-11-25)13-26-15-23-19-6-1-2-7-20(19)26;3-1(4)2(5)6/h1-7,12,15-16H,8-11,13-14H2,(H,24,27);(H,3,4)(H,5,6). The molecule has 1 aromatic heterocycles. The molecule has 0 aliphatic carbocycles. The van der Waals surface area contributed by atoms with E-state index in [1.54, 1.807) is 12.1 Å². The zero-order valence-corrected chi connectivity index (χ0v) is 17.9. The number of para-hydroxylation sites is 2. The van der Waals surface area contributed by atoms with Crippen molar-refractivity contribution in [2.75, 3.05) is 25.0 Å². The van der Waals surface area contributed by atoms with E-state index >= 15 is 0 Å². The molecular weight excluding hydrogens is 431 g/mol. The quantitative estimate of drug-likeness (QED) is 0.504.